The average molecular weight is 539 g/mol. The van der Waals surface area contributed by atoms with Gasteiger partial charge in [0, 0.05) is 24.7 Å². The summed E-state index contributed by atoms with van der Waals surface area (Å²) in [5.41, 5.74) is 6.51. The molecule has 4 nitrogen and oxygen atoms in total. The highest BCUT2D eigenvalue weighted by Crippen LogP contribution is 2.31. The van der Waals surface area contributed by atoms with Crippen molar-refractivity contribution in [2.75, 3.05) is 10.6 Å². The van der Waals surface area contributed by atoms with Crippen molar-refractivity contribution in [2.24, 2.45) is 0 Å². The van der Waals surface area contributed by atoms with Crippen LogP contribution in [0.5, 0.6) is 0 Å². The van der Waals surface area contributed by atoms with Gasteiger partial charge in [-0.05, 0) is 46.9 Å². The molecule has 0 radical (unpaired) electrons. The number of hydrogen-bond donors (Lipinski definition) is 2. The molecule has 0 aliphatic rings. The molecule has 5 aromatic rings. The van der Waals surface area contributed by atoms with Crippen LogP contribution in [-0.4, -0.2) is 11.8 Å². The summed E-state index contributed by atoms with van der Waals surface area (Å²) in [7, 11) is 0. The molecule has 0 unspecified atom stereocenters. The van der Waals surface area contributed by atoms with Gasteiger partial charge < -0.3 is 10.6 Å². The van der Waals surface area contributed by atoms with Crippen molar-refractivity contribution in [2.45, 2.75) is 31.6 Å². The molecule has 2 amide bonds. The quantitative estimate of drug-likeness (QED) is 0.188. The lowest BCUT2D eigenvalue weighted by Crippen LogP contribution is -2.20. The van der Waals surface area contributed by atoms with E-state index in [1.54, 1.807) is 0 Å². The lowest BCUT2D eigenvalue weighted by Gasteiger charge is -2.20. The summed E-state index contributed by atoms with van der Waals surface area (Å²) < 4.78 is 0. The zero-order valence-electron chi connectivity index (χ0n) is 23.2. The number of nitrogens with one attached hydrogen (secondary N) is 2. The fourth-order valence-electron chi connectivity index (χ4n) is 5.24. The van der Waals surface area contributed by atoms with E-state index in [1.165, 1.54) is 0 Å². The topological polar surface area (TPSA) is 58.2 Å². The molecule has 204 valence electrons. The summed E-state index contributed by atoms with van der Waals surface area (Å²) in [6, 6.07) is 46.0. The van der Waals surface area contributed by atoms with Crippen LogP contribution in [0.15, 0.2) is 140 Å². The predicted octanol–water partition coefficient (Wildman–Crippen LogP) is 8.32. The second kappa shape index (κ2) is 13.4. The van der Waals surface area contributed by atoms with Crippen LogP contribution in [0.2, 0.25) is 0 Å². The Balaban J connectivity index is 1.34. The van der Waals surface area contributed by atoms with Gasteiger partial charge in [-0.25, -0.2) is 0 Å². The molecular formula is C37H34N2O2. The third kappa shape index (κ3) is 7.37. The van der Waals surface area contributed by atoms with Crippen molar-refractivity contribution in [3.8, 4) is 0 Å². The number of anilines is 2. The first kappa shape index (κ1) is 27.6. The highest BCUT2D eigenvalue weighted by molar-refractivity contribution is 6.00. The SMILES string of the molecule is Cc1ccc(NC(=O)CC(c2ccccc2)c2ccccc2)c(NC(=O)CC(c2ccccc2)c2ccccc2)c1. The van der Waals surface area contributed by atoms with Gasteiger partial charge in [-0.1, -0.05) is 127 Å². The number of amides is 2. The molecule has 0 spiro atoms. The number of carbonyl (C=O) groups is 2. The molecule has 0 bridgehead atoms. The predicted molar refractivity (Wildman–Crippen MR) is 167 cm³/mol. The second-order valence-electron chi connectivity index (χ2n) is 10.3. The molecule has 0 saturated heterocycles. The van der Waals surface area contributed by atoms with Crippen molar-refractivity contribution in [1.29, 1.82) is 0 Å². The summed E-state index contributed by atoms with van der Waals surface area (Å²) in [6.45, 7) is 1.97. The number of carbonyl (C=O) groups excluding carboxylic acids is 2. The van der Waals surface area contributed by atoms with Gasteiger partial charge in [-0.2, -0.15) is 0 Å². The van der Waals surface area contributed by atoms with Crippen molar-refractivity contribution < 1.29 is 9.59 Å². The lowest BCUT2D eigenvalue weighted by atomic mass is 9.88. The van der Waals surface area contributed by atoms with Gasteiger partial charge in [0.15, 0.2) is 0 Å². The Morgan fingerprint density at radius 2 is 0.829 bits per heavy atom. The van der Waals surface area contributed by atoms with Crippen LogP contribution in [0.1, 0.15) is 52.5 Å². The van der Waals surface area contributed by atoms with Crippen molar-refractivity contribution in [1.82, 2.24) is 0 Å². The zero-order chi connectivity index (χ0) is 28.4. The third-order valence-electron chi connectivity index (χ3n) is 7.31. The molecule has 41 heavy (non-hydrogen) atoms. The van der Waals surface area contributed by atoms with Gasteiger partial charge in [-0.15, -0.1) is 0 Å². The Hall–Kier alpha value is -4.96. The van der Waals surface area contributed by atoms with E-state index in [0.29, 0.717) is 11.4 Å². The van der Waals surface area contributed by atoms with E-state index in [-0.39, 0.29) is 36.5 Å². The summed E-state index contributed by atoms with van der Waals surface area (Å²) in [6.07, 6.45) is 0.554. The van der Waals surface area contributed by atoms with Gasteiger partial charge in [0.1, 0.15) is 0 Å². The van der Waals surface area contributed by atoms with Crippen molar-refractivity contribution >= 4 is 23.2 Å². The van der Waals surface area contributed by atoms with Crippen LogP contribution in [0.3, 0.4) is 0 Å². The molecule has 0 saturated carbocycles. The summed E-state index contributed by atoms with van der Waals surface area (Å²) in [5.74, 6) is -0.403. The first-order valence-corrected chi connectivity index (χ1v) is 14.0. The molecule has 0 atom stereocenters. The van der Waals surface area contributed by atoms with Gasteiger partial charge >= 0.3 is 0 Å². The third-order valence-corrected chi connectivity index (χ3v) is 7.31. The molecule has 0 aliphatic carbocycles. The number of benzene rings is 5. The summed E-state index contributed by atoms with van der Waals surface area (Å²) >= 11 is 0. The Labute approximate surface area is 242 Å². The fraction of sp³-hybridized carbons (Fsp3) is 0.135. The van der Waals surface area contributed by atoms with Crippen LogP contribution >= 0.6 is 0 Å². The van der Waals surface area contributed by atoms with E-state index in [1.807, 2.05) is 97.9 Å². The number of aryl methyl sites for hydroxylation is 1. The lowest BCUT2D eigenvalue weighted by molar-refractivity contribution is -0.117. The normalized spacial score (nSPS) is 10.9. The molecular weight excluding hydrogens is 504 g/mol. The first-order valence-electron chi connectivity index (χ1n) is 14.0. The highest BCUT2D eigenvalue weighted by Gasteiger charge is 2.21. The summed E-state index contributed by atoms with van der Waals surface area (Å²) in [4.78, 5) is 26.9. The Morgan fingerprint density at radius 3 is 1.20 bits per heavy atom. The van der Waals surface area contributed by atoms with E-state index in [4.69, 9.17) is 0 Å². The Morgan fingerprint density at radius 1 is 0.488 bits per heavy atom. The van der Waals surface area contributed by atoms with E-state index in [2.05, 4.69) is 59.2 Å². The van der Waals surface area contributed by atoms with Crippen molar-refractivity contribution in [3.63, 3.8) is 0 Å². The molecule has 0 heterocycles. The smallest absolute Gasteiger partial charge is 0.225 e. The minimum atomic E-state index is -0.117. The minimum Gasteiger partial charge on any atom is -0.324 e. The molecule has 5 rings (SSSR count). The molecule has 0 aliphatic heterocycles. The second-order valence-corrected chi connectivity index (χ2v) is 10.3. The zero-order valence-corrected chi connectivity index (χ0v) is 23.2. The van der Waals surface area contributed by atoms with Crippen LogP contribution < -0.4 is 10.6 Å². The van der Waals surface area contributed by atoms with Crippen LogP contribution in [-0.2, 0) is 9.59 Å². The molecule has 5 aromatic carbocycles. The first-order chi connectivity index (χ1) is 20.1. The minimum absolute atomic E-state index is 0.0848. The van der Waals surface area contributed by atoms with Crippen molar-refractivity contribution in [3.05, 3.63) is 167 Å². The summed E-state index contributed by atoms with van der Waals surface area (Å²) in [5, 5.41) is 6.17. The maximum Gasteiger partial charge on any atom is 0.225 e. The van der Waals surface area contributed by atoms with E-state index in [9.17, 15) is 9.59 Å². The van der Waals surface area contributed by atoms with Gasteiger partial charge in [-0.3, -0.25) is 9.59 Å². The maximum atomic E-state index is 13.4. The molecule has 2 N–H and O–H groups in total. The highest BCUT2D eigenvalue weighted by atomic mass is 16.2. The Kier molecular flexibility index (Phi) is 9.02. The van der Waals surface area contributed by atoms with E-state index >= 15 is 0 Å². The Bertz CT molecular complexity index is 1490. The molecule has 0 aromatic heterocycles. The fourth-order valence-corrected chi connectivity index (χ4v) is 5.24. The van der Waals surface area contributed by atoms with E-state index in [0.717, 1.165) is 27.8 Å². The monoisotopic (exact) mass is 538 g/mol. The van der Waals surface area contributed by atoms with Gasteiger partial charge in [0.05, 0.1) is 11.4 Å². The number of hydrogen-bond acceptors (Lipinski definition) is 2. The van der Waals surface area contributed by atoms with Crippen LogP contribution in [0.4, 0.5) is 11.4 Å². The van der Waals surface area contributed by atoms with Crippen LogP contribution in [0, 0.1) is 6.92 Å². The average Bonchev–Trinajstić information content (AvgIpc) is 3.02. The van der Waals surface area contributed by atoms with Gasteiger partial charge in [0.2, 0.25) is 11.8 Å². The molecule has 4 heteroatoms. The maximum absolute atomic E-state index is 13.4. The standard InChI is InChI=1S/C37H34N2O2/c1-27-22-23-34(38-36(40)25-32(28-14-6-2-7-15-28)29-16-8-3-9-17-29)35(24-27)39-37(41)26-33(30-18-10-4-11-19-30)31-20-12-5-13-21-31/h2-24,32-33H,25-26H2,1H3,(H,38,40)(H,39,41). The van der Waals surface area contributed by atoms with E-state index < -0.39 is 0 Å². The molecule has 0 fully saturated rings. The number of rotatable bonds is 10. The largest absolute Gasteiger partial charge is 0.324 e. The van der Waals surface area contributed by atoms with Gasteiger partial charge in [0.25, 0.3) is 0 Å². The van der Waals surface area contributed by atoms with Crippen LogP contribution in [0.25, 0.3) is 0 Å².